The predicted molar refractivity (Wildman–Crippen MR) is 140 cm³/mol. The molecule has 3 fully saturated rings. The Labute approximate surface area is 212 Å². The molecule has 2 amide bonds. The lowest BCUT2D eigenvalue weighted by molar-refractivity contribution is -0.131. The molecule has 7 nitrogen and oxygen atoms in total. The van der Waals surface area contributed by atoms with Crippen molar-refractivity contribution >= 4 is 17.6 Å². The van der Waals surface area contributed by atoms with Gasteiger partial charge in [-0.3, -0.25) is 14.4 Å². The average Bonchev–Trinajstić information content (AvgIpc) is 2.88. The third-order valence-corrected chi connectivity index (χ3v) is 7.91. The minimum Gasteiger partial charge on any atom is -0.381 e. The van der Waals surface area contributed by atoms with Crippen molar-refractivity contribution in [3.05, 3.63) is 35.4 Å². The lowest BCUT2D eigenvalue weighted by atomic mass is 9.81. The van der Waals surface area contributed by atoms with Crippen LogP contribution in [-0.4, -0.2) is 67.9 Å². The van der Waals surface area contributed by atoms with Gasteiger partial charge in [0.1, 0.15) is 0 Å². The zero-order valence-corrected chi connectivity index (χ0v) is 21.1. The molecule has 1 saturated carbocycles. The Morgan fingerprint density at radius 2 is 1.91 bits per heavy atom. The van der Waals surface area contributed by atoms with Crippen LogP contribution < -0.4 is 10.6 Å². The van der Waals surface area contributed by atoms with E-state index in [0.29, 0.717) is 31.0 Å². The number of amides is 2. The molecular weight excluding hydrogens is 442 g/mol. The van der Waals surface area contributed by atoms with Gasteiger partial charge in [-0.05, 0) is 49.3 Å². The second kappa shape index (κ2) is 12.6. The molecule has 2 atom stereocenters. The van der Waals surface area contributed by atoms with Crippen molar-refractivity contribution in [3.63, 3.8) is 0 Å². The summed E-state index contributed by atoms with van der Waals surface area (Å²) in [4.78, 5) is 40.5. The molecule has 4 rings (SSSR count). The quantitative estimate of drug-likeness (QED) is 0.524. The molecule has 196 valence electrons. The van der Waals surface area contributed by atoms with Crippen molar-refractivity contribution in [3.8, 4) is 0 Å². The van der Waals surface area contributed by atoms with Gasteiger partial charge in [-0.15, -0.1) is 0 Å². The third kappa shape index (κ3) is 6.91. The van der Waals surface area contributed by atoms with Crippen LogP contribution in [0.15, 0.2) is 24.3 Å². The number of carbonyl (C=O) groups is 3. The molecule has 2 heterocycles. The van der Waals surface area contributed by atoms with E-state index in [-0.39, 0.29) is 32.3 Å². The Morgan fingerprint density at radius 1 is 1.11 bits per heavy atom. The molecule has 0 bridgehead atoms. The van der Waals surface area contributed by atoms with E-state index in [2.05, 4.69) is 16.7 Å². The number of carbonyl (C=O) groups excluding carboxylic acids is 3. The number of rotatable bonds is 10. The van der Waals surface area contributed by atoms with Crippen LogP contribution in [0.4, 0.5) is 0 Å². The largest absolute Gasteiger partial charge is 0.381 e. The Hall–Kier alpha value is -2.25. The van der Waals surface area contributed by atoms with E-state index in [0.717, 1.165) is 70.4 Å². The molecule has 0 spiro atoms. The van der Waals surface area contributed by atoms with Crippen molar-refractivity contribution in [2.45, 2.75) is 70.3 Å². The summed E-state index contributed by atoms with van der Waals surface area (Å²) in [6.45, 7) is 6.08. The van der Waals surface area contributed by atoms with Gasteiger partial charge in [-0.1, -0.05) is 38.3 Å². The van der Waals surface area contributed by atoms with Crippen molar-refractivity contribution in [1.29, 1.82) is 0 Å². The molecule has 0 radical (unpaired) electrons. The Morgan fingerprint density at radius 3 is 2.63 bits per heavy atom. The van der Waals surface area contributed by atoms with Crippen LogP contribution in [0.5, 0.6) is 0 Å². The minimum absolute atomic E-state index is 0. The van der Waals surface area contributed by atoms with Gasteiger partial charge in [0.05, 0.1) is 25.8 Å². The van der Waals surface area contributed by atoms with E-state index in [1.807, 2.05) is 30.0 Å². The zero-order valence-electron chi connectivity index (χ0n) is 21.1. The van der Waals surface area contributed by atoms with Gasteiger partial charge < -0.3 is 20.3 Å². The first-order valence-electron chi connectivity index (χ1n) is 13.5. The van der Waals surface area contributed by atoms with Gasteiger partial charge in [0.2, 0.25) is 5.91 Å². The second-order valence-corrected chi connectivity index (χ2v) is 10.5. The summed E-state index contributed by atoms with van der Waals surface area (Å²) in [6, 6.07) is 7.37. The standard InChI is InChI=1S/C28H41N3O4.2H2/c1-2-25(32)27(21-8-4-3-5-9-21)30-28(34)23-11-6-10-22(14-23)24-12-7-13-31(17-24)26(33)16-29-15-20-18-35-19-20;;/h6,10-11,14,20-21,24,27,29H,2-5,7-9,12-13,15-19H2,1H3,(H,30,34);2*1H/t24?,27-;;/m1../s1. The first-order valence-corrected chi connectivity index (χ1v) is 13.5. The van der Waals surface area contributed by atoms with E-state index in [1.165, 1.54) is 6.42 Å². The van der Waals surface area contributed by atoms with Crippen LogP contribution in [0.3, 0.4) is 0 Å². The van der Waals surface area contributed by atoms with Crippen molar-refractivity contribution in [2.24, 2.45) is 11.8 Å². The van der Waals surface area contributed by atoms with E-state index in [9.17, 15) is 14.4 Å². The molecule has 2 N–H and O–H groups in total. The Balaban J connectivity index is 0.00000241. The van der Waals surface area contributed by atoms with E-state index in [1.54, 1.807) is 0 Å². The smallest absolute Gasteiger partial charge is 0.251 e. The molecule has 1 aliphatic carbocycles. The molecule has 2 saturated heterocycles. The summed E-state index contributed by atoms with van der Waals surface area (Å²) < 4.78 is 5.19. The monoisotopic (exact) mass is 487 g/mol. The van der Waals surface area contributed by atoms with E-state index < -0.39 is 6.04 Å². The minimum atomic E-state index is -0.391. The summed E-state index contributed by atoms with van der Waals surface area (Å²) >= 11 is 0. The fraction of sp³-hybridized carbons (Fsp3) is 0.679. The van der Waals surface area contributed by atoms with Crippen molar-refractivity contribution in [2.75, 3.05) is 39.4 Å². The normalized spacial score (nSPS) is 22.3. The molecule has 2 aliphatic heterocycles. The summed E-state index contributed by atoms with van der Waals surface area (Å²) in [6.07, 6.45) is 7.88. The molecule has 1 aromatic carbocycles. The number of likely N-dealkylation sites (tertiary alicyclic amines) is 1. The van der Waals surface area contributed by atoms with Gasteiger partial charge in [-0.2, -0.15) is 0 Å². The van der Waals surface area contributed by atoms with Crippen LogP contribution in [0.2, 0.25) is 0 Å². The Kier molecular flexibility index (Phi) is 9.32. The van der Waals surface area contributed by atoms with Crippen LogP contribution in [-0.2, 0) is 14.3 Å². The van der Waals surface area contributed by atoms with Gasteiger partial charge in [-0.25, -0.2) is 0 Å². The lowest BCUT2D eigenvalue weighted by Crippen LogP contribution is -2.46. The highest BCUT2D eigenvalue weighted by Gasteiger charge is 2.30. The summed E-state index contributed by atoms with van der Waals surface area (Å²) in [5, 5.41) is 6.35. The van der Waals surface area contributed by atoms with Crippen LogP contribution in [0, 0.1) is 11.8 Å². The number of hydrogen-bond acceptors (Lipinski definition) is 5. The van der Waals surface area contributed by atoms with Crippen LogP contribution in [0.1, 0.15) is 83.0 Å². The second-order valence-electron chi connectivity index (χ2n) is 10.5. The van der Waals surface area contributed by atoms with E-state index in [4.69, 9.17) is 4.74 Å². The molecule has 35 heavy (non-hydrogen) atoms. The summed E-state index contributed by atoms with van der Waals surface area (Å²) in [5.41, 5.74) is 1.69. The molecule has 3 aliphatic rings. The van der Waals surface area contributed by atoms with E-state index >= 15 is 0 Å². The molecule has 1 aromatic rings. The topological polar surface area (TPSA) is 87.7 Å². The molecule has 0 aromatic heterocycles. The first-order chi connectivity index (χ1) is 17.0. The number of piperidine rings is 1. The predicted octanol–water partition coefficient (Wildman–Crippen LogP) is 3.78. The van der Waals surface area contributed by atoms with Gasteiger partial charge in [0.25, 0.3) is 5.91 Å². The van der Waals surface area contributed by atoms with Crippen molar-refractivity contribution < 1.29 is 22.0 Å². The SMILES string of the molecule is CCC(=O)[C@H](NC(=O)c1cccc(C2CCCN(C(=O)CNCC3COC3)C2)c1)C1CCCCC1.[HH].[HH]. The highest BCUT2D eigenvalue weighted by Crippen LogP contribution is 2.29. The fourth-order valence-corrected chi connectivity index (χ4v) is 5.68. The van der Waals surface area contributed by atoms with Crippen LogP contribution >= 0.6 is 0 Å². The number of ether oxygens (including phenoxy) is 1. The number of nitrogens with one attached hydrogen (secondary N) is 2. The first kappa shape index (κ1) is 25.8. The highest BCUT2D eigenvalue weighted by atomic mass is 16.5. The van der Waals surface area contributed by atoms with Crippen LogP contribution in [0.25, 0.3) is 0 Å². The maximum Gasteiger partial charge on any atom is 0.251 e. The van der Waals surface area contributed by atoms with Gasteiger partial charge >= 0.3 is 0 Å². The molecule has 7 heteroatoms. The maximum absolute atomic E-state index is 13.2. The maximum atomic E-state index is 13.2. The van der Waals surface area contributed by atoms with Gasteiger partial charge in [0, 0.05) is 46.3 Å². The molecule has 1 unspecified atom stereocenters. The fourth-order valence-electron chi connectivity index (χ4n) is 5.68. The number of benzene rings is 1. The number of nitrogens with zero attached hydrogens (tertiary/aromatic N) is 1. The molecular formula is C28H45N3O4. The highest BCUT2D eigenvalue weighted by molar-refractivity contribution is 5.98. The number of hydrogen-bond donors (Lipinski definition) is 2. The Bertz CT molecular complexity index is 890. The summed E-state index contributed by atoms with van der Waals surface area (Å²) in [7, 11) is 0. The summed E-state index contributed by atoms with van der Waals surface area (Å²) in [5.74, 6) is 1.07. The number of ketones is 1. The average molecular weight is 488 g/mol. The van der Waals surface area contributed by atoms with Gasteiger partial charge in [0.15, 0.2) is 5.78 Å². The lowest BCUT2D eigenvalue weighted by Gasteiger charge is -2.34. The third-order valence-electron chi connectivity index (χ3n) is 7.91. The van der Waals surface area contributed by atoms with Crippen molar-refractivity contribution in [1.82, 2.24) is 15.5 Å². The zero-order chi connectivity index (χ0) is 24.6. The number of Topliss-reactive ketones (excluding diaryl/α,β-unsaturated/α-hetero) is 1.